The van der Waals surface area contributed by atoms with Gasteiger partial charge in [0.2, 0.25) is 0 Å². The monoisotopic (exact) mass is 347 g/mol. The second kappa shape index (κ2) is 7.83. The second-order valence-electron chi connectivity index (χ2n) is 8.48. The molecule has 1 aliphatic carbocycles. The van der Waals surface area contributed by atoms with Crippen molar-refractivity contribution in [3.63, 3.8) is 0 Å². The second-order valence-corrected chi connectivity index (χ2v) is 13.6. The quantitative estimate of drug-likeness (QED) is 0.430. The Kier molecular flexibility index (Phi) is 6.26. The van der Waals surface area contributed by atoms with Gasteiger partial charge in [0.15, 0.2) is 6.10 Å². The minimum atomic E-state index is -1.35. The molecule has 0 N–H and O–H groups in total. The lowest BCUT2D eigenvalue weighted by Crippen LogP contribution is -2.37. The highest BCUT2D eigenvalue weighted by molar-refractivity contribution is 6.88. The molecule has 1 fully saturated rings. The zero-order valence-corrected chi connectivity index (χ0v) is 16.9. The topological polar surface area (TPSA) is 35.5 Å². The van der Waals surface area contributed by atoms with Crippen LogP contribution in [0, 0.1) is 23.9 Å². The van der Waals surface area contributed by atoms with Crippen molar-refractivity contribution in [1.82, 2.24) is 0 Å². The van der Waals surface area contributed by atoms with E-state index < -0.39 is 14.0 Å². The van der Waals surface area contributed by atoms with Crippen molar-refractivity contribution in [3.8, 4) is 0 Å². The molecule has 1 aliphatic rings. The molecular formula is C20H31O3Si. The van der Waals surface area contributed by atoms with Crippen molar-refractivity contribution in [3.05, 3.63) is 35.9 Å². The molecule has 1 aromatic rings. The normalized spacial score (nSPS) is 22.6. The first kappa shape index (κ1) is 19.2. The Hall–Kier alpha value is -1.13. The van der Waals surface area contributed by atoms with Crippen molar-refractivity contribution in [2.24, 2.45) is 17.8 Å². The van der Waals surface area contributed by atoms with Crippen molar-refractivity contribution in [2.75, 3.05) is 0 Å². The molecule has 0 aromatic heterocycles. The third kappa shape index (κ3) is 4.93. The summed E-state index contributed by atoms with van der Waals surface area (Å²) in [5.74, 6) is 1.06. The van der Waals surface area contributed by atoms with Gasteiger partial charge in [-0.05, 0) is 42.7 Å². The van der Waals surface area contributed by atoms with Gasteiger partial charge in [0.1, 0.15) is 0 Å². The Morgan fingerprint density at radius 3 is 2.29 bits per heavy atom. The Labute approximate surface area is 147 Å². The summed E-state index contributed by atoms with van der Waals surface area (Å²) in [5, 5.41) is 1.33. The van der Waals surface area contributed by atoms with Crippen LogP contribution in [0.1, 0.15) is 50.4 Å². The third-order valence-electron chi connectivity index (χ3n) is 4.95. The molecule has 1 radical (unpaired) electrons. The molecule has 0 amide bonds. The molecule has 3 nitrogen and oxygen atoms in total. The number of benzene rings is 1. The van der Waals surface area contributed by atoms with Gasteiger partial charge in [0, 0.05) is 0 Å². The van der Waals surface area contributed by atoms with Crippen molar-refractivity contribution >= 4 is 19.2 Å². The van der Waals surface area contributed by atoms with E-state index in [1.807, 2.05) is 24.3 Å². The molecule has 1 saturated carbocycles. The van der Waals surface area contributed by atoms with Crippen LogP contribution in [0.3, 0.4) is 0 Å². The van der Waals surface area contributed by atoms with E-state index in [1.165, 1.54) is 11.6 Å². The van der Waals surface area contributed by atoms with E-state index >= 15 is 0 Å². The number of rotatable bonds is 5. The Bertz CT molecular complexity index is 545. The third-order valence-corrected chi connectivity index (χ3v) is 7.01. The summed E-state index contributed by atoms with van der Waals surface area (Å²) in [4.78, 5) is 22.9. The summed E-state index contributed by atoms with van der Waals surface area (Å²) in [6, 6.07) is 7.76. The molecular weight excluding hydrogens is 316 g/mol. The number of carbonyl (C=O) groups is 1. The molecule has 0 aliphatic heterocycles. The van der Waals surface area contributed by atoms with Crippen molar-refractivity contribution < 1.29 is 14.6 Å². The van der Waals surface area contributed by atoms with E-state index in [0.717, 1.165) is 18.9 Å². The molecule has 0 heterocycles. The molecule has 4 heteroatoms. The first-order valence-corrected chi connectivity index (χ1v) is 12.5. The fourth-order valence-corrected chi connectivity index (χ4v) is 4.44. The summed E-state index contributed by atoms with van der Waals surface area (Å²) in [6.07, 6.45) is 4.12. The maximum Gasteiger partial charge on any atom is 0.373 e. The zero-order valence-electron chi connectivity index (χ0n) is 15.9. The van der Waals surface area contributed by atoms with Crippen LogP contribution in [0.4, 0.5) is 0 Å². The molecule has 24 heavy (non-hydrogen) atoms. The predicted octanol–water partition coefficient (Wildman–Crippen LogP) is 4.94. The van der Waals surface area contributed by atoms with E-state index in [0.29, 0.717) is 23.3 Å². The van der Waals surface area contributed by atoms with Crippen LogP contribution in [0.15, 0.2) is 24.3 Å². The SMILES string of the molecule is CC1CCC(C(C)C)[C](OOC(=O)c2ccc([Si](C)(C)C)cc2)C1. The molecule has 2 atom stereocenters. The van der Waals surface area contributed by atoms with Gasteiger partial charge in [-0.15, -0.1) is 0 Å². The molecule has 0 bridgehead atoms. The summed E-state index contributed by atoms with van der Waals surface area (Å²) < 4.78 is 0. The lowest BCUT2D eigenvalue weighted by Gasteiger charge is -2.34. The van der Waals surface area contributed by atoms with E-state index in [9.17, 15) is 4.79 Å². The Morgan fingerprint density at radius 2 is 1.75 bits per heavy atom. The van der Waals surface area contributed by atoms with E-state index in [4.69, 9.17) is 9.78 Å². The van der Waals surface area contributed by atoms with E-state index in [-0.39, 0.29) is 0 Å². The Morgan fingerprint density at radius 1 is 1.12 bits per heavy atom. The highest BCUT2D eigenvalue weighted by Gasteiger charge is 2.34. The van der Waals surface area contributed by atoms with Gasteiger partial charge < -0.3 is 0 Å². The van der Waals surface area contributed by atoms with Crippen LogP contribution in [0.25, 0.3) is 0 Å². The van der Waals surface area contributed by atoms with E-state index in [2.05, 4.69) is 40.4 Å². The minimum Gasteiger partial charge on any atom is -0.292 e. The zero-order chi connectivity index (χ0) is 17.9. The number of hydrogen-bond acceptors (Lipinski definition) is 3. The average molecular weight is 348 g/mol. The van der Waals surface area contributed by atoms with E-state index in [1.54, 1.807) is 0 Å². The lowest BCUT2D eigenvalue weighted by molar-refractivity contribution is -0.251. The fourth-order valence-electron chi connectivity index (χ4n) is 3.27. The first-order valence-electron chi connectivity index (χ1n) is 9.03. The molecule has 0 saturated heterocycles. The maximum atomic E-state index is 12.3. The predicted molar refractivity (Wildman–Crippen MR) is 101 cm³/mol. The summed E-state index contributed by atoms with van der Waals surface area (Å²) in [5.41, 5.74) is 0.544. The first-order chi connectivity index (χ1) is 11.2. The van der Waals surface area contributed by atoms with Crippen LogP contribution in [-0.4, -0.2) is 14.0 Å². The van der Waals surface area contributed by atoms with Gasteiger partial charge in [-0.3, -0.25) is 4.89 Å². The molecule has 0 spiro atoms. The van der Waals surface area contributed by atoms with Gasteiger partial charge in [0.05, 0.1) is 13.6 Å². The standard InChI is InChI=1S/C20H31O3Si/c1-14(2)18-12-7-15(3)13-19(18)22-23-20(21)16-8-10-17(11-9-16)24(4,5)6/h8-11,14-15,18H,7,12-13H2,1-6H3. The lowest BCUT2D eigenvalue weighted by atomic mass is 9.75. The highest BCUT2D eigenvalue weighted by Crippen LogP contribution is 2.40. The van der Waals surface area contributed by atoms with Gasteiger partial charge in [-0.1, -0.05) is 64.2 Å². The van der Waals surface area contributed by atoms with Crippen LogP contribution in [-0.2, 0) is 9.78 Å². The Balaban J connectivity index is 1.96. The summed E-state index contributed by atoms with van der Waals surface area (Å²) in [6.45, 7) is 13.5. The maximum absolute atomic E-state index is 12.3. The summed E-state index contributed by atoms with van der Waals surface area (Å²) >= 11 is 0. The molecule has 133 valence electrons. The van der Waals surface area contributed by atoms with Gasteiger partial charge in [-0.2, -0.15) is 4.89 Å². The smallest absolute Gasteiger partial charge is 0.292 e. The largest absolute Gasteiger partial charge is 0.373 e. The highest BCUT2D eigenvalue weighted by atomic mass is 28.3. The van der Waals surface area contributed by atoms with Crippen LogP contribution >= 0.6 is 0 Å². The molecule has 2 rings (SSSR count). The van der Waals surface area contributed by atoms with Gasteiger partial charge in [0.25, 0.3) is 0 Å². The van der Waals surface area contributed by atoms with Crippen LogP contribution < -0.4 is 5.19 Å². The number of hydrogen-bond donors (Lipinski definition) is 0. The van der Waals surface area contributed by atoms with Gasteiger partial charge in [-0.25, -0.2) is 4.79 Å². The van der Waals surface area contributed by atoms with Crippen molar-refractivity contribution in [1.29, 1.82) is 0 Å². The van der Waals surface area contributed by atoms with Gasteiger partial charge >= 0.3 is 5.97 Å². The summed E-state index contributed by atoms with van der Waals surface area (Å²) in [7, 11) is -1.35. The van der Waals surface area contributed by atoms with Crippen molar-refractivity contribution in [2.45, 2.75) is 59.7 Å². The number of carbonyl (C=O) groups excluding carboxylic acids is 1. The minimum absolute atomic E-state index is 0.378. The fraction of sp³-hybridized carbons (Fsp3) is 0.600. The average Bonchev–Trinajstić information content (AvgIpc) is 2.51. The molecule has 2 unspecified atom stereocenters. The van der Waals surface area contributed by atoms with Crippen LogP contribution in [0.5, 0.6) is 0 Å². The molecule has 1 aromatic carbocycles. The van der Waals surface area contributed by atoms with Crippen LogP contribution in [0.2, 0.25) is 19.6 Å².